The average Bonchev–Trinajstić information content (AvgIpc) is 2.03. The summed E-state index contributed by atoms with van der Waals surface area (Å²) < 4.78 is 0. The normalized spacial score (nSPS) is 9.92. The first-order valence-corrected chi connectivity index (χ1v) is 4.27. The minimum atomic E-state index is -1.14. The molecule has 0 aliphatic rings. The molecule has 0 aromatic carbocycles. The maximum atomic E-state index is 10.8. The van der Waals surface area contributed by atoms with E-state index in [9.17, 15) is 4.79 Å². The van der Waals surface area contributed by atoms with Gasteiger partial charge in [0, 0.05) is 0 Å². The van der Waals surface area contributed by atoms with E-state index < -0.39 is 11.4 Å². The van der Waals surface area contributed by atoms with Crippen LogP contribution < -0.4 is 29.6 Å². The van der Waals surface area contributed by atoms with Gasteiger partial charge in [0.2, 0.25) is 0 Å². The Morgan fingerprint density at radius 2 is 1.85 bits per heavy atom. The van der Waals surface area contributed by atoms with Crippen molar-refractivity contribution in [1.29, 1.82) is 5.26 Å². The monoisotopic (exact) mass is 193 g/mol. The second kappa shape index (κ2) is 7.37. The van der Waals surface area contributed by atoms with Crippen molar-refractivity contribution in [2.75, 3.05) is 0 Å². The number of hydrogen-bond acceptors (Lipinski definition) is 2. The molecule has 0 aromatic rings. The largest absolute Gasteiger partial charge is 1.00 e. The molecule has 0 atom stereocenters. The molecule has 0 radical (unpaired) electrons. The van der Waals surface area contributed by atoms with Gasteiger partial charge in [-0.2, -0.15) is 5.26 Å². The van der Waals surface area contributed by atoms with Crippen LogP contribution in [0, 0.1) is 16.7 Å². The molecule has 0 saturated carbocycles. The van der Waals surface area contributed by atoms with Crippen molar-refractivity contribution in [2.45, 2.75) is 39.5 Å². The molecule has 0 rings (SSSR count). The van der Waals surface area contributed by atoms with Gasteiger partial charge in [0.05, 0.1) is 6.07 Å². The van der Waals surface area contributed by atoms with Crippen LogP contribution in [0.2, 0.25) is 0 Å². The van der Waals surface area contributed by atoms with Gasteiger partial charge in [0.25, 0.3) is 0 Å². The summed E-state index contributed by atoms with van der Waals surface area (Å²) in [6.45, 7) is 3.79. The molecule has 4 heteroatoms. The molecule has 1 N–H and O–H groups in total. The molecule has 0 bridgehead atoms. The van der Waals surface area contributed by atoms with Gasteiger partial charge < -0.3 is 6.53 Å². The smallest absolute Gasteiger partial charge is 1.00 e. The minimum absolute atomic E-state index is 0. The number of carboxylic acid groups (broad SMARTS) is 1. The number of aliphatic carboxylic acids is 1. The van der Waals surface area contributed by atoms with Gasteiger partial charge in [-0.25, -0.2) is 0 Å². The molecule has 13 heavy (non-hydrogen) atoms. The Balaban J connectivity index is -0.000000605. The van der Waals surface area contributed by atoms with Gasteiger partial charge in [-0.3, -0.25) is 4.79 Å². The number of carbonyl (C=O) groups is 1. The molecule has 70 valence electrons. The summed E-state index contributed by atoms with van der Waals surface area (Å²) in [4.78, 5) is 10.8. The van der Waals surface area contributed by atoms with E-state index in [1.165, 1.54) is 0 Å². The third-order valence-electron chi connectivity index (χ3n) is 1.98. The van der Waals surface area contributed by atoms with Gasteiger partial charge in [0.15, 0.2) is 5.41 Å². The van der Waals surface area contributed by atoms with Crippen molar-refractivity contribution < 1.29 is 40.9 Å². The average molecular weight is 193 g/mol. The first-order chi connectivity index (χ1) is 5.63. The second-order valence-corrected chi connectivity index (χ2v) is 3.00. The molecule has 0 amide bonds. The molecule has 0 fully saturated rings. The van der Waals surface area contributed by atoms with Gasteiger partial charge in [0.1, 0.15) is 0 Å². The van der Waals surface area contributed by atoms with Crippen LogP contribution in [0.15, 0.2) is 0 Å². The van der Waals surface area contributed by atoms with E-state index in [1.54, 1.807) is 0 Å². The van der Waals surface area contributed by atoms with E-state index in [2.05, 4.69) is 0 Å². The second-order valence-electron chi connectivity index (χ2n) is 3.00. The van der Waals surface area contributed by atoms with Crippen LogP contribution in [0.4, 0.5) is 0 Å². The summed E-state index contributed by atoms with van der Waals surface area (Å²) in [6.07, 6.45) is 2.37. The first-order valence-electron chi connectivity index (χ1n) is 4.27. The van der Waals surface area contributed by atoms with E-state index in [4.69, 9.17) is 10.4 Å². The maximum Gasteiger partial charge on any atom is 1.00 e. The molecular weight excluding hydrogens is 177 g/mol. The van der Waals surface area contributed by atoms with Crippen LogP contribution in [0.5, 0.6) is 0 Å². The Morgan fingerprint density at radius 1 is 1.46 bits per heavy atom. The predicted molar refractivity (Wildman–Crippen MR) is 46.6 cm³/mol. The van der Waals surface area contributed by atoms with Crippen LogP contribution in [-0.4, -0.2) is 11.1 Å². The summed E-state index contributed by atoms with van der Waals surface area (Å²) in [5.41, 5.74) is -1.14. The third kappa shape index (κ3) is 4.12. The van der Waals surface area contributed by atoms with Crippen LogP contribution >= 0.6 is 0 Å². The Kier molecular flexibility index (Phi) is 8.75. The topological polar surface area (TPSA) is 61.1 Å². The van der Waals surface area contributed by atoms with E-state index in [-0.39, 0.29) is 31.0 Å². The quantitative estimate of drug-likeness (QED) is 0.587. The van der Waals surface area contributed by atoms with Crippen LogP contribution in [-0.2, 0) is 4.79 Å². The van der Waals surface area contributed by atoms with E-state index in [0.717, 1.165) is 12.8 Å². The fourth-order valence-corrected chi connectivity index (χ4v) is 1.35. The Hall–Kier alpha value is -0.0400. The van der Waals surface area contributed by atoms with Crippen molar-refractivity contribution in [3.8, 4) is 6.07 Å². The van der Waals surface area contributed by atoms with Gasteiger partial charge >= 0.3 is 35.5 Å². The number of hydrogen-bond donors (Lipinski definition) is 1. The summed E-state index contributed by atoms with van der Waals surface area (Å²) in [7, 11) is 0. The molecule has 0 aliphatic heterocycles. The molecule has 0 heterocycles. The fourth-order valence-electron chi connectivity index (χ4n) is 1.35. The zero-order valence-electron chi connectivity index (χ0n) is 9.63. The fraction of sp³-hybridized carbons (Fsp3) is 0.778. The molecule has 0 aliphatic carbocycles. The number of nitrogens with zero attached hydrogens (tertiary/aromatic N) is 1. The number of carboxylic acids is 1. The van der Waals surface area contributed by atoms with E-state index >= 15 is 0 Å². The third-order valence-corrected chi connectivity index (χ3v) is 1.98. The molecule has 3 nitrogen and oxygen atoms in total. The zero-order valence-corrected chi connectivity index (χ0v) is 10.6. The van der Waals surface area contributed by atoms with Crippen LogP contribution in [0.3, 0.4) is 0 Å². The number of rotatable bonds is 5. The van der Waals surface area contributed by atoms with Gasteiger partial charge in [-0.05, 0) is 12.8 Å². The van der Waals surface area contributed by atoms with E-state index in [1.807, 2.05) is 19.9 Å². The Labute approximate surface area is 103 Å². The van der Waals surface area contributed by atoms with Crippen molar-refractivity contribution in [3.05, 3.63) is 0 Å². The molecule has 0 unspecified atom stereocenters. The maximum absolute atomic E-state index is 10.8. The number of nitriles is 1. The van der Waals surface area contributed by atoms with Crippen LogP contribution in [0.1, 0.15) is 41.0 Å². The Bertz CT molecular complexity index is 197. The van der Waals surface area contributed by atoms with Crippen molar-refractivity contribution in [1.82, 2.24) is 0 Å². The van der Waals surface area contributed by atoms with Crippen molar-refractivity contribution in [3.63, 3.8) is 0 Å². The molecular formula is C9H16NNaO2. The van der Waals surface area contributed by atoms with Crippen molar-refractivity contribution in [2.24, 2.45) is 5.41 Å². The first kappa shape index (κ1) is 15.4. The van der Waals surface area contributed by atoms with Crippen LogP contribution in [0.25, 0.3) is 0 Å². The molecule has 0 aromatic heterocycles. The predicted octanol–water partition coefficient (Wildman–Crippen LogP) is -0.702. The van der Waals surface area contributed by atoms with Gasteiger partial charge in [-0.1, -0.05) is 26.7 Å². The van der Waals surface area contributed by atoms with Gasteiger partial charge in [-0.15, -0.1) is 0 Å². The summed E-state index contributed by atoms with van der Waals surface area (Å²) in [5.74, 6) is -0.978. The van der Waals surface area contributed by atoms with E-state index in [0.29, 0.717) is 12.8 Å². The summed E-state index contributed by atoms with van der Waals surface area (Å²) in [5, 5.41) is 17.6. The minimum Gasteiger partial charge on any atom is -1.00 e. The molecule has 0 spiro atoms. The molecule has 0 saturated heterocycles. The SMILES string of the molecule is CCCC(C#N)(CCC)C(=O)O.[H-].[Na+]. The Morgan fingerprint density at radius 3 is 2.00 bits per heavy atom. The zero-order chi connectivity index (χ0) is 9.61. The standard InChI is InChI=1S/C9H15NO2.Na.H/c1-3-5-9(7-10,6-4-2)8(11)12;;/h3-6H2,1-2H3,(H,11,12);;/q;+1;-1. The van der Waals surface area contributed by atoms with Crippen molar-refractivity contribution >= 4 is 5.97 Å². The summed E-state index contributed by atoms with van der Waals surface area (Å²) in [6, 6.07) is 1.92. The summed E-state index contributed by atoms with van der Waals surface area (Å²) >= 11 is 0.